The number of carbonyl (C=O) groups excluding carboxylic acids is 2. The van der Waals surface area contributed by atoms with Gasteiger partial charge in [0.05, 0.1) is 25.7 Å². The molecule has 4 N–H and O–H groups in total. The van der Waals surface area contributed by atoms with E-state index < -0.39 is 48.6 Å². The molecule has 0 aliphatic carbocycles. The monoisotopic (exact) mass is 571 g/mol. The van der Waals surface area contributed by atoms with Crippen LogP contribution >= 0.6 is 0 Å². The number of methoxy groups -OCH3 is 1. The van der Waals surface area contributed by atoms with Crippen molar-refractivity contribution in [3.05, 3.63) is 101 Å². The second kappa shape index (κ2) is 14.1. The predicted molar refractivity (Wildman–Crippen MR) is 151 cm³/mol. The summed E-state index contributed by atoms with van der Waals surface area (Å²) < 4.78 is 42.6. The number of aliphatic hydroxyl groups excluding tert-OH is 1. The van der Waals surface area contributed by atoms with E-state index >= 15 is 0 Å². The van der Waals surface area contributed by atoms with E-state index in [1.807, 2.05) is 68.4 Å². The van der Waals surface area contributed by atoms with E-state index in [0.717, 1.165) is 11.1 Å². The van der Waals surface area contributed by atoms with Crippen molar-refractivity contribution < 1.29 is 32.6 Å². The summed E-state index contributed by atoms with van der Waals surface area (Å²) in [5, 5.41) is 19.7. The molecule has 0 unspecified atom stereocenters. The standard InChI is InChI=1S/C31H36F3N3O4/c1-30(2,24-13-8-14-25(19-24)41-3)36-20-27(38)26(17-21-9-5-4-6-10-21)37-29(40)23-12-7-11-22(18-23)28(39)35-16-15-31(32,33)34/h4-14,18-19,26-27,36,38H,15-17,20H2,1-3H3,(H,35,39)(H,37,40)/t26-,27+/m0/s1. The third-order valence-corrected chi connectivity index (χ3v) is 6.70. The Balaban J connectivity index is 1.72. The molecular formula is C31H36F3N3O4. The first-order valence-corrected chi connectivity index (χ1v) is 13.3. The van der Waals surface area contributed by atoms with Gasteiger partial charge < -0.3 is 25.8 Å². The second-order valence-corrected chi connectivity index (χ2v) is 10.3. The molecule has 0 heterocycles. The topological polar surface area (TPSA) is 99.7 Å². The summed E-state index contributed by atoms with van der Waals surface area (Å²) in [7, 11) is 1.59. The van der Waals surface area contributed by atoms with E-state index in [1.165, 1.54) is 24.3 Å². The zero-order valence-corrected chi connectivity index (χ0v) is 23.3. The third kappa shape index (κ3) is 9.91. The van der Waals surface area contributed by atoms with E-state index in [0.29, 0.717) is 12.2 Å². The minimum Gasteiger partial charge on any atom is -0.497 e. The fourth-order valence-electron chi connectivity index (χ4n) is 4.24. The number of hydrogen-bond acceptors (Lipinski definition) is 5. The van der Waals surface area contributed by atoms with Gasteiger partial charge in [0, 0.05) is 29.8 Å². The molecule has 0 aromatic heterocycles. The summed E-state index contributed by atoms with van der Waals surface area (Å²) in [4.78, 5) is 25.6. The summed E-state index contributed by atoms with van der Waals surface area (Å²) in [5.41, 5.74) is 1.54. The van der Waals surface area contributed by atoms with Gasteiger partial charge in [-0.05, 0) is 61.7 Å². The zero-order chi connectivity index (χ0) is 30.0. The Hall–Kier alpha value is -3.89. The summed E-state index contributed by atoms with van der Waals surface area (Å²) >= 11 is 0. The maximum absolute atomic E-state index is 13.2. The van der Waals surface area contributed by atoms with Gasteiger partial charge >= 0.3 is 6.18 Å². The number of nitrogens with one attached hydrogen (secondary N) is 3. The van der Waals surface area contributed by atoms with Gasteiger partial charge in [-0.15, -0.1) is 0 Å². The lowest BCUT2D eigenvalue weighted by atomic mass is 9.93. The van der Waals surface area contributed by atoms with Crippen LogP contribution in [-0.2, 0) is 12.0 Å². The van der Waals surface area contributed by atoms with Crippen molar-refractivity contribution in [3.63, 3.8) is 0 Å². The van der Waals surface area contributed by atoms with Crippen molar-refractivity contribution in [2.75, 3.05) is 20.2 Å². The molecule has 0 aliphatic rings. The highest BCUT2D eigenvalue weighted by atomic mass is 19.4. The van der Waals surface area contributed by atoms with Crippen molar-refractivity contribution in [1.82, 2.24) is 16.0 Å². The van der Waals surface area contributed by atoms with E-state index in [2.05, 4.69) is 16.0 Å². The van der Waals surface area contributed by atoms with Crippen LogP contribution in [0.15, 0.2) is 78.9 Å². The Morgan fingerprint density at radius 2 is 1.56 bits per heavy atom. The van der Waals surface area contributed by atoms with Crippen LogP contribution in [0.5, 0.6) is 5.75 Å². The van der Waals surface area contributed by atoms with Crippen LogP contribution in [0.2, 0.25) is 0 Å². The van der Waals surface area contributed by atoms with Crippen molar-refractivity contribution in [2.45, 2.75) is 50.6 Å². The number of amides is 2. The molecule has 3 aromatic rings. The van der Waals surface area contributed by atoms with Crippen molar-refractivity contribution in [2.24, 2.45) is 0 Å². The van der Waals surface area contributed by atoms with Gasteiger partial charge in [0.25, 0.3) is 11.8 Å². The Morgan fingerprint density at radius 1 is 0.902 bits per heavy atom. The number of halogens is 3. The molecular weight excluding hydrogens is 535 g/mol. The van der Waals surface area contributed by atoms with Crippen molar-refractivity contribution in [3.8, 4) is 5.75 Å². The highest BCUT2D eigenvalue weighted by molar-refractivity contribution is 5.99. The van der Waals surface area contributed by atoms with Gasteiger partial charge in [-0.2, -0.15) is 13.2 Å². The van der Waals surface area contributed by atoms with Crippen molar-refractivity contribution in [1.29, 1.82) is 0 Å². The van der Waals surface area contributed by atoms with Crippen LogP contribution in [0.1, 0.15) is 52.1 Å². The van der Waals surface area contributed by atoms with Crippen LogP contribution in [0.4, 0.5) is 13.2 Å². The molecule has 10 heteroatoms. The lowest BCUT2D eigenvalue weighted by molar-refractivity contribution is -0.133. The molecule has 0 aliphatic heterocycles. The molecule has 3 aromatic carbocycles. The van der Waals surface area contributed by atoms with Gasteiger partial charge in [-0.1, -0.05) is 48.5 Å². The Labute approximate surface area is 238 Å². The lowest BCUT2D eigenvalue weighted by Gasteiger charge is -2.31. The average Bonchev–Trinajstić information content (AvgIpc) is 2.95. The SMILES string of the molecule is COc1cccc(C(C)(C)NC[C@@H](O)[C@H](Cc2ccccc2)NC(=O)c2cccc(C(=O)NCCC(F)(F)F)c2)c1. The fraction of sp³-hybridized carbons (Fsp3) is 0.355. The summed E-state index contributed by atoms with van der Waals surface area (Å²) in [6.07, 6.45) is -6.19. The van der Waals surface area contributed by atoms with Crippen LogP contribution in [-0.4, -0.2) is 55.4 Å². The number of benzene rings is 3. The molecule has 2 atom stereocenters. The molecule has 0 bridgehead atoms. The zero-order valence-electron chi connectivity index (χ0n) is 23.3. The second-order valence-electron chi connectivity index (χ2n) is 10.3. The first-order valence-electron chi connectivity index (χ1n) is 13.3. The third-order valence-electron chi connectivity index (χ3n) is 6.70. The number of carbonyl (C=O) groups is 2. The van der Waals surface area contributed by atoms with E-state index in [-0.39, 0.29) is 17.7 Å². The smallest absolute Gasteiger partial charge is 0.390 e. The summed E-state index contributed by atoms with van der Waals surface area (Å²) in [6, 6.07) is 22.0. The number of ether oxygens (including phenoxy) is 1. The maximum atomic E-state index is 13.2. The van der Waals surface area contributed by atoms with Gasteiger partial charge in [0.1, 0.15) is 5.75 Å². The van der Waals surface area contributed by atoms with Crippen LogP contribution in [0, 0.1) is 0 Å². The number of hydrogen-bond donors (Lipinski definition) is 4. The van der Waals surface area contributed by atoms with E-state index in [4.69, 9.17) is 4.74 Å². The minimum atomic E-state index is -4.39. The predicted octanol–water partition coefficient (Wildman–Crippen LogP) is 4.60. The largest absolute Gasteiger partial charge is 0.497 e. The summed E-state index contributed by atoms with van der Waals surface area (Å²) in [6.45, 7) is 3.54. The first kappa shape index (κ1) is 31.6. The van der Waals surface area contributed by atoms with Crippen LogP contribution in [0.25, 0.3) is 0 Å². The van der Waals surface area contributed by atoms with Gasteiger partial charge in [0.2, 0.25) is 0 Å². The molecule has 0 saturated heterocycles. The molecule has 7 nitrogen and oxygen atoms in total. The maximum Gasteiger partial charge on any atom is 0.390 e. The summed E-state index contributed by atoms with van der Waals surface area (Å²) in [5.74, 6) is -0.529. The molecule has 0 spiro atoms. The quantitative estimate of drug-likeness (QED) is 0.240. The molecule has 220 valence electrons. The number of alkyl halides is 3. The fourth-order valence-corrected chi connectivity index (χ4v) is 4.24. The van der Waals surface area contributed by atoms with Gasteiger partial charge in [-0.3, -0.25) is 9.59 Å². The van der Waals surface area contributed by atoms with Crippen LogP contribution in [0.3, 0.4) is 0 Å². The Bertz CT molecular complexity index is 1300. The van der Waals surface area contributed by atoms with Gasteiger partial charge in [-0.25, -0.2) is 0 Å². The molecule has 0 saturated carbocycles. The molecule has 3 rings (SSSR count). The van der Waals surface area contributed by atoms with Crippen LogP contribution < -0.4 is 20.7 Å². The van der Waals surface area contributed by atoms with E-state index in [1.54, 1.807) is 7.11 Å². The molecule has 41 heavy (non-hydrogen) atoms. The highest BCUT2D eigenvalue weighted by Crippen LogP contribution is 2.24. The molecule has 0 fully saturated rings. The Morgan fingerprint density at radius 3 is 2.22 bits per heavy atom. The average molecular weight is 572 g/mol. The Kier molecular flexibility index (Phi) is 10.9. The normalized spacial score (nSPS) is 13.2. The number of rotatable bonds is 13. The van der Waals surface area contributed by atoms with E-state index in [9.17, 15) is 27.9 Å². The molecule has 2 amide bonds. The van der Waals surface area contributed by atoms with Crippen molar-refractivity contribution >= 4 is 11.8 Å². The molecule has 0 radical (unpaired) electrons. The first-order chi connectivity index (χ1) is 19.4. The highest BCUT2D eigenvalue weighted by Gasteiger charge is 2.28. The lowest BCUT2D eigenvalue weighted by Crippen LogP contribution is -2.51. The number of aliphatic hydroxyl groups is 1. The minimum absolute atomic E-state index is 0.0571. The van der Waals surface area contributed by atoms with Gasteiger partial charge in [0.15, 0.2) is 0 Å².